The van der Waals surface area contributed by atoms with Gasteiger partial charge in [-0.05, 0) is 25.5 Å². The van der Waals surface area contributed by atoms with Crippen LogP contribution in [0.25, 0.3) is 0 Å². The van der Waals surface area contributed by atoms with Crippen molar-refractivity contribution in [2.45, 2.75) is 13.3 Å². The number of benzene rings is 1. The van der Waals surface area contributed by atoms with E-state index in [1.165, 1.54) is 6.07 Å². The molecular weight excluding hydrogens is 280 g/mol. The number of carbonyl (C=O) groups excluding carboxylic acids is 1. The number of carboxylic acids is 1. The zero-order chi connectivity index (χ0) is 14.9. The van der Waals surface area contributed by atoms with Crippen molar-refractivity contribution >= 4 is 29.2 Å². The molecule has 0 spiro atoms. The van der Waals surface area contributed by atoms with Crippen LogP contribution in [0.2, 0.25) is 5.02 Å². The quantitative estimate of drug-likeness (QED) is 0.895. The van der Waals surface area contributed by atoms with Crippen LogP contribution in [0, 0.1) is 5.41 Å². The van der Waals surface area contributed by atoms with Gasteiger partial charge in [0.2, 0.25) is 5.91 Å². The summed E-state index contributed by atoms with van der Waals surface area (Å²) in [7, 11) is 1.61. The first-order chi connectivity index (χ1) is 9.39. The second-order valence-electron chi connectivity index (χ2n) is 5.25. The van der Waals surface area contributed by atoms with Crippen molar-refractivity contribution in [3.8, 4) is 0 Å². The monoisotopic (exact) mass is 296 g/mol. The topological polar surface area (TPSA) is 69.6 Å². The molecule has 1 aromatic carbocycles. The van der Waals surface area contributed by atoms with Crippen LogP contribution in [0.3, 0.4) is 0 Å². The SMILES string of the molecule is CNC(=O)C1(C)CCN(c2c(Cl)cccc2C(=O)O)C1. The maximum absolute atomic E-state index is 11.9. The molecular formula is C14H17ClN2O3. The molecule has 1 amide bonds. The third-order valence-electron chi connectivity index (χ3n) is 3.78. The lowest BCUT2D eigenvalue weighted by molar-refractivity contribution is -0.128. The minimum Gasteiger partial charge on any atom is -0.478 e. The molecule has 1 aromatic rings. The third-order valence-corrected chi connectivity index (χ3v) is 4.09. The molecule has 1 unspecified atom stereocenters. The first kappa shape index (κ1) is 14.7. The van der Waals surface area contributed by atoms with E-state index in [0.717, 1.165) is 0 Å². The van der Waals surface area contributed by atoms with Crippen LogP contribution in [0.1, 0.15) is 23.7 Å². The van der Waals surface area contributed by atoms with Crippen molar-refractivity contribution in [1.29, 1.82) is 0 Å². The van der Waals surface area contributed by atoms with Crippen LogP contribution in [0.15, 0.2) is 18.2 Å². The van der Waals surface area contributed by atoms with Crippen molar-refractivity contribution in [3.05, 3.63) is 28.8 Å². The number of para-hydroxylation sites is 1. The smallest absolute Gasteiger partial charge is 0.337 e. The summed E-state index contributed by atoms with van der Waals surface area (Å²) in [5.41, 5.74) is 0.136. The van der Waals surface area contributed by atoms with Gasteiger partial charge in [0.1, 0.15) is 0 Å². The van der Waals surface area contributed by atoms with Gasteiger partial charge in [0, 0.05) is 20.1 Å². The lowest BCUT2D eigenvalue weighted by Crippen LogP contribution is -2.39. The van der Waals surface area contributed by atoms with Crippen LogP contribution >= 0.6 is 11.6 Å². The fourth-order valence-corrected chi connectivity index (χ4v) is 2.94. The highest BCUT2D eigenvalue weighted by Crippen LogP contribution is 2.38. The summed E-state index contributed by atoms with van der Waals surface area (Å²) in [6.07, 6.45) is 0.664. The molecule has 6 heteroatoms. The van der Waals surface area contributed by atoms with Gasteiger partial charge in [-0.2, -0.15) is 0 Å². The molecule has 2 N–H and O–H groups in total. The van der Waals surface area contributed by atoms with Gasteiger partial charge in [-0.25, -0.2) is 4.79 Å². The van der Waals surface area contributed by atoms with E-state index in [1.807, 2.05) is 11.8 Å². The number of amides is 1. The Bertz CT molecular complexity index is 561. The molecule has 1 fully saturated rings. The molecule has 0 bridgehead atoms. The van der Waals surface area contributed by atoms with E-state index in [4.69, 9.17) is 11.6 Å². The third kappa shape index (κ3) is 2.45. The number of hydrogen-bond acceptors (Lipinski definition) is 3. The zero-order valence-electron chi connectivity index (χ0n) is 11.4. The van der Waals surface area contributed by atoms with Crippen LogP contribution in [0.5, 0.6) is 0 Å². The molecule has 1 aliphatic heterocycles. The van der Waals surface area contributed by atoms with Gasteiger partial charge < -0.3 is 15.3 Å². The molecule has 108 valence electrons. The number of carboxylic acid groups (broad SMARTS) is 1. The number of halogens is 1. The zero-order valence-corrected chi connectivity index (χ0v) is 12.2. The average Bonchev–Trinajstić information content (AvgIpc) is 2.81. The van der Waals surface area contributed by atoms with Crippen LogP contribution in [-0.4, -0.2) is 37.1 Å². The fraction of sp³-hybridized carbons (Fsp3) is 0.429. The predicted octanol–water partition coefficient (Wildman–Crippen LogP) is 2.00. The molecule has 0 saturated carbocycles. The van der Waals surface area contributed by atoms with E-state index in [2.05, 4.69) is 5.32 Å². The number of nitrogens with zero attached hydrogens (tertiary/aromatic N) is 1. The van der Waals surface area contributed by atoms with Gasteiger partial charge in [-0.1, -0.05) is 17.7 Å². The van der Waals surface area contributed by atoms with Crippen LogP contribution < -0.4 is 10.2 Å². The summed E-state index contributed by atoms with van der Waals surface area (Å²) in [5.74, 6) is -1.06. The predicted molar refractivity (Wildman–Crippen MR) is 77.4 cm³/mol. The number of rotatable bonds is 3. The van der Waals surface area contributed by atoms with Crippen LogP contribution in [0.4, 0.5) is 5.69 Å². The van der Waals surface area contributed by atoms with E-state index >= 15 is 0 Å². The van der Waals surface area contributed by atoms with E-state index < -0.39 is 11.4 Å². The Morgan fingerprint density at radius 3 is 2.75 bits per heavy atom. The van der Waals surface area contributed by atoms with E-state index in [-0.39, 0.29) is 11.5 Å². The Balaban J connectivity index is 2.36. The molecule has 1 atom stereocenters. The second kappa shape index (κ2) is 5.32. The molecule has 5 nitrogen and oxygen atoms in total. The largest absolute Gasteiger partial charge is 0.478 e. The molecule has 0 aliphatic carbocycles. The lowest BCUT2D eigenvalue weighted by Gasteiger charge is -2.25. The molecule has 1 heterocycles. The van der Waals surface area contributed by atoms with Gasteiger partial charge in [-0.3, -0.25) is 4.79 Å². The number of carbonyl (C=O) groups is 2. The Kier molecular flexibility index (Phi) is 3.90. The first-order valence-corrected chi connectivity index (χ1v) is 6.76. The van der Waals surface area contributed by atoms with Gasteiger partial charge in [-0.15, -0.1) is 0 Å². The molecule has 0 radical (unpaired) electrons. The highest BCUT2D eigenvalue weighted by Gasteiger charge is 2.41. The van der Waals surface area contributed by atoms with E-state index in [9.17, 15) is 14.7 Å². The summed E-state index contributed by atoms with van der Waals surface area (Å²) >= 11 is 6.15. The lowest BCUT2D eigenvalue weighted by atomic mass is 9.89. The van der Waals surface area contributed by atoms with Gasteiger partial charge in [0.15, 0.2) is 0 Å². The standard InChI is InChI=1S/C14H17ClN2O3/c1-14(13(20)16-2)6-7-17(8-14)11-9(12(18)19)4-3-5-10(11)15/h3-5H,6-8H2,1-2H3,(H,16,20)(H,18,19). The van der Waals surface area contributed by atoms with Crippen molar-refractivity contribution in [2.75, 3.05) is 25.0 Å². The Morgan fingerprint density at radius 1 is 1.45 bits per heavy atom. The molecule has 20 heavy (non-hydrogen) atoms. The number of anilines is 1. The average molecular weight is 297 g/mol. The molecule has 1 saturated heterocycles. The second-order valence-corrected chi connectivity index (χ2v) is 5.66. The molecule has 2 rings (SSSR count). The van der Waals surface area contributed by atoms with Crippen molar-refractivity contribution < 1.29 is 14.7 Å². The van der Waals surface area contributed by atoms with E-state index in [1.54, 1.807) is 19.2 Å². The fourth-order valence-electron chi connectivity index (χ4n) is 2.65. The van der Waals surface area contributed by atoms with Crippen molar-refractivity contribution in [1.82, 2.24) is 5.32 Å². The highest BCUT2D eigenvalue weighted by molar-refractivity contribution is 6.34. The van der Waals surface area contributed by atoms with Gasteiger partial charge in [0.25, 0.3) is 0 Å². The number of hydrogen-bond donors (Lipinski definition) is 2. The maximum Gasteiger partial charge on any atom is 0.337 e. The molecule has 0 aromatic heterocycles. The molecule has 1 aliphatic rings. The maximum atomic E-state index is 11.9. The minimum absolute atomic E-state index is 0.0380. The Labute approximate surface area is 122 Å². The summed E-state index contributed by atoms with van der Waals surface area (Å²) in [5, 5.41) is 12.3. The number of aromatic carboxylic acids is 1. The minimum atomic E-state index is -1.02. The summed E-state index contributed by atoms with van der Waals surface area (Å²) < 4.78 is 0. The van der Waals surface area contributed by atoms with Crippen molar-refractivity contribution in [3.63, 3.8) is 0 Å². The Hall–Kier alpha value is -1.75. The highest BCUT2D eigenvalue weighted by atomic mass is 35.5. The summed E-state index contributed by atoms with van der Waals surface area (Å²) in [4.78, 5) is 25.1. The summed E-state index contributed by atoms with van der Waals surface area (Å²) in [6.45, 7) is 2.94. The summed E-state index contributed by atoms with van der Waals surface area (Å²) in [6, 6.07) is 4.81. The van der Waals surface area contributed by atoms with Crippen LogP contribution in [-0.2, 0) is 4.79 Å². The van der Waals surface area contributed by atoms with Crippen molar-refractivity contribution in [2.24, 2.45) is 5.41 Å². The van der Waals surface area contributed by atoms with E-state index in [0.29, 0.717) is 30.2 Å². The number of nitrogens with one attached hydrogen (secondary N) is 1. The normalized spacial score (nSPS) is 21.9. The first-order valence-electron chi connectivity index (χ1n) is 6.38. The Morgan fingerprint density at radius 2 is 2.15 bits per heavy atom. The van der Waals surface area contributed by atoms with Gasteiger partial charge >= 0.3 is 5.97 Å². The van der Waals surface area contributed by atoms with Gasteiger partial charge in [0.05, 0.1) is 21.7 Å².